The van der Waals surface area contributed by atoms with Crippen LogP contribution in [-0.2, 0) is 18.3 Å². The summed E-state index contributed by atoms with van der Waals surface area (Å²) in [6.07, 6.45) is 4.11. The van der Waals surface area contributed by atoms with Gasteiger partial charge in [0.2, 0.25) is 0 Å². The standard InChI is InChI=1S/C69H51N3/c1-5-19-48(20-6-1)49-35-37-50(38-36-49)61-45-53-21-13-14-22-54(53)46-65(61)72(57-29-11-4-12-30-57)64-34-18-24-52-42-44-69(68(52)64)43-41-51-23-17-33-63(67(51)69)70(55-25-7-2-8-26-55)58-39-40-60-59-31-15-16-32-62(59)71(66(60)47-58)56-27-9-3-10-28-56/h1-40,45-47H,41-44H2. The molecule has 0 saturated carbocycles. The molecule has 0 bridgehead atoms. The quantitative estimate of drug-likeness (QED) is 0.143. The third-order valence-corrected chi connectivity index (χ3v) is 15.7. The second kappa shape index (κ2) is 17.2. The van der Waals surface area contributed by atoms with E-state index in [1.54, 1.807) is 0 Å². The molecular weight excluding hydrogens is 871 g/mol. The van der Waals surface area contributed by atoms with Crippen LogP contribution in [0.2, 0.25) is 0 Å². The summed E-state index contributed by atoms with van der Waals surface area (Å²) in [6, 6.07) is 96.6. The van der Waals surface area contributed by atoms with Crippen LogP contribution in [0.25, 0.3) is 60.5 Å². The number of nitrogens with zero attached hydrogens (tertiary/aromatic N) is 3. The Morgan fingerprint density at radius 1 is 0.333 bits per heavy atom. The van der Waals surface area contributed by atoms with Gasteiger partial charge >= 0.3 is 0 Å². The zero-order valence-corrected chi connectivity index (χ0v) is 40.0. The molecule has 0 saturated heterocycles. The highest BCUT2D eigenvalue weighted by Crippen LogP contribution is 2.60. The molecule has 1 heterocycles. The van der Waals surface area contributed by atoms with Crippen molar-refractivity contribution in [3.8, 4) is 27.9 Å². The molecule has 11 aromatic carbocycles. The van der Waals surface area contributed by atoms with E-state index in [9.17, 15) is 0 Å². The van der Waals surface area contributed by atoms with Crippen LogP contribution in [0.4, 0.5) is 34.1 Å². The Labute approximate surface area is 421 Å². The minimum Gasteiger partial charge on any atom is -0.310 e. The van der Waals surface area contributed by atoms with Gasteiger partial charge in [-0.1, -0.05) is 182 Å². The summed E-state index contributed by atoms with van der Waals surface area (Å²) >= 11 is 0. The summed E-state index contributed by atoms with van der Waals surface area (Å²) < 4.78 is 2.44. The maximum Gasteiger partial charge on any atom is 0.0561 e. The Morgan fingerprint density at radius 2 is 0.847 bits per heavy atom. The molecule has 1 spiro atoms. The molecule has 12 aromatic rings. The molecule has 0 aliphatic heterocycles. The Kier molecular flexibility index (Phi) is 10.0. The van der Waals surface area contributed by atoms with Crippen LogP contribution in [0.5, 0.6) is 0 Å². The number of hydrogen-bond donors (Lipinski definition) is 0. The third-order valence-electron chi connectivity index (χ3n) is 15.7. The van der Waals surface area contributed by atoms with Crippen molar-refractivity contribution >= 4 is 66.7 Å². The molecular formula is C69H51N3. The van der Waals surface area contributed by atoms with Crippen molar-refractivity contribution in [2.45, 2.75) is 31.1 Å². The molecule has 1 atom stereocenters. The normalized spacial score (nSPS) is 14.8. The average Bonchev–Trinajstić information content (AvgIpc) is 4.14. The summed E-state index contributed by atoms with van der Waals surface area (Å²) in [5, 5.41) is 4.95. The minimum absolute atomic E-state index is 0.241. The van der Waals surface area contributed by atoms with Gasteiger partial charge in [0.15, 0.2) is 0 Å². The summed E-state index contributed by atoms with van der Waals surface area (Å²) in [5.41, 5.74) is 21.0. The van der Waals surface area contributed by atoms with E-state index in [1.807, 2.05) is 0 Å². The van der Waals surface area contributed by atoms with Crippen LogP contribution >= 0.6 is 0 Å². The Hall–Kier alpha value is -8.92. The number of aryl methyl sites for hydroxylation is 2. The number of anilines is 6. The van der Waals surface area contributed by atoms with Gasteiger partial charge < -0.3 is 14.4 Å². The molecule has 0 radical (unpaired) electrons. The van der Waals surface area contributed by atoms with Crippen LogP contribution in [0, 0.1) is 0 Å². The van der Waals surface area contributed by atoms with Crippen molar-refractivity contribution in [1.82, 2.24) is 4.57 Å². The second-order valence-electron chi connectivity index (χ2n) is 19.6. The monoisotopic (exact) mass is 921 g/mol. The molecule has 1 aromatic heterocycles. The topological polar surface area (TPSA) is 11.4 Å². The number of aromatic nitrogens is 1. The van der Waals surface area contributed by atoms with Crippen LogP contribution in [0.3, 0.4) is 0 Å². The number of hydrogen-bond acceptors (Lipinski definition) is 2. The van der Waals surface area contributed by atoms with E-state index in [0.29, 0.717) is 0 Å². The van der Waals surface area contributed by atoms with Gasteiger partial charge in [-0.3, -0.25) is 0 Å². The van der Waals surface area contributed by atoms with Gasteiger partial charge in [0.25, 0.3) is 0 Å². The number of para-hydroxylation sites is 4. The van der Waals surface area contributed by atoms with Crippen LogP contribution < -0.4 is 9.80 Å². The van der Waals surface area contributed by atoms with Gasteiger partial charge in [-0.15, -0.1) is 0 Å². The van der Waals surface area contributed by atoms with Gasteiger partial charge in [-0.05, 0) is 154 Å². The highest BCUT2D eigenvalue weighted by Gasteiger charge is 2.49. The first-order chi connectivity index (χ1) is 35.7. The zero-order chi connectivity index (χ0) is 47.6. The molecule has 1 unspecified atom stereocenters. The van der Waals surface area contributed by atoms with Crippen LogP contribution in [-0.4, -0.2) is 4.57 Å². The van der Waals surface area contributed by atoms with Crippen molar-refractivity contribution in [2.24, 2.45) is 0 Å². The maximum absolute atomic E-state index is 2.59. The van der Waals surface area contributed by atoms with Gasteiger partial charge in [0.1, 0.15) is 0 Å². The summed E-state index contributed by atoms with van der Waals surface area (Å²) in [4.78, 5) is 5.14. The highest BCUT2D eigenvalue weighted by atomic mass is 15.2. The fourth-order valence-electron chi connectivity index (χ4n) is 12.6. The fraction of sp³-hybridized carbons (Fsp3) is 0.0725. The van der Waals surface area contributed by atoms with Crippen molar-refractivity contribution in [3.05, 3.63) is 283 Å². The lowest BCUT2D eigenvalue weighted by atomic mass is 9.74. The van der Waals surface area contributed by atoms with Crippen molar-refractivity contribution in [1.29, 1.82) is 0 Å². The van der Waals surface area contributed by atoms with E-state index in [4.69, 9.17) is 0 Å². The summed E-state index contributed by atoms with van der Waals surface area (Å²) in [6.45, 7) is 0. The van der Waals surface area contributed by atoms with E-state index in [0.717, 1.165) is 48.4 Å². The number of fused-ring (bicyclic) bond motifs is 8. The van der Waals surface area contributed by atoms with E-state index < -0.39 is 0 Å². The van der Waals surface area contributed by atoms with Crippen molar-refractivity contribution in [2.75, 3.05) is 9.80 Å². The average molecular weight is 922 g/mol. The fourth-order valence-corrected chi connectivity index (χ4v) is 12.6. The van der Waals surface area contributed by atoms with E-state index in [1.165, 1.54) is 94.1 Å². The molecule has 3 nitrogen and oxygen atoms in total. The Morgan fingerprint density at radius 3 is 1.51 bits per heavy atom. The SMILES string of the molecule is c1ccc(-c2ccc(-c3cc4ccccc4cc3N(c3ccccc3)c3cccc4c3C3(CCc5cccc(N(c6ccccc6)c6ccc7c8ccccc8n(-c8ccccc8)c7c6)c53)CC4)cc2)cc1. The molecule has 14 rings (SSSR count). The van der Waals surface area contributed by atoms with E-state index in [-0.39, 0.29) is 5.41 Å². The number of benzene rings is 11. The summed E-state index contributed by atoms with van der Waals surface area (Å²) in [7, 11) is 0. The van der Waals surface area contributed by atoms with Crippen LogP contribution in [0.1, 0.15) is 35.1 Å². The molecule has 2 aliphatic rings. The second-order valence-corrected chi connectivity index (χ2v) is 19.6. The smallest absolute Gasteiger partial charge is 0.0561 e. The number of rotatable bonds is 9. The predicted octanol–water partition coefficient (Wildman–Crippen LogP) is 18.4. The molecule has 342 valence electrons. The molecule has 72 heavy (non-hydrogen) atoms. The minimum atomic E-state index is -0.241. The molecule has 2 aliphatic carbocycles. The largest absolute Gasteiger partial charge is 0.310 e. The Balaban J connectivity index is 0.981. The van der Waals surface area contributed by atoms with E-state index in [2.05, 4.69) is 275 Å². The molecule has 3 heteroatoms. The van der Waals surface area contributed by atoms with Crippen molar-refractivity contribution < 1.29 is 0 Å². The molecule has 0 fully saturated rings. The van der Waals surface area contributed by atoms with Gasteiger partial charge in [-0.2, -0.15) is 0 Å². The maximum atomic E-state index is 2.59. The summed E-state index contributed by atoms with van der Waals surface area (Å²) in [5.74, 6) is 0. The zero-order valence-electron chi connectivity index (χ0n) is 40.0. The third kappa shape index (κ3) is 6.80. The van der Waals surface area contributed by atoms with Gasteiger partial charge in [-0.25, -0.2) is 0 Å². The van der Waals surface area contributed by atoms with E-state index >= 15 is 0 Å². The Bertz CT molecular complexity index is 3970. The molecule has 0 amide bonds. The predicted molar refractivity (Wildman–Crippen MR) is 302 cm³/mol. The molecule has 0 N–H and O–H groups in total. The highest BCUT2D eigenvalue weighted by molar-refractivity contribution is 6.10. The van der Waals surface area contributed by atoms with Gasteiger partial charge in [0, 0.05) is 44.5 Å². The first-order valence-corrected chi connectivity index (χ1v) is 25.4. The van der Waals surface area contributed by atoms with Gasteiger partial charge in [0.05, 0.1) is 28.1 Å². The lowest BCUT2D eigenvalue weighted by Crippen LogP contribution is -2.27. The first kappa shape index (κ1) is 42.0. The first-order valence-electron chi connectivity index (χ1n) is 25.4. The lowest BCUT2D eigenvalue weighted by molar-refractivity contribution is 0.508. The lowest BCUT2D eigenvalue weighted by Gasteiger charge is -2.37. The van der Waals surface area contributed by atoms with Crippen molar-refractivity contribution in [3.63, 3.8) is 0 Å². The van der Waals surface area contributed by atoms with Crippen LogP contribution in [0.15, 0.2) is 261 Å².